The highest BCUT2D eigenvalue weighted by molar-refractivity contribution is 5.77. The van der Waals surface area contributed by atoms with Crippen LogP contribution in [0.1, 0.15) is 38.3 Å². The molecule has 33 heavy (non-hydrogen) atoms. The zero-order valence-corrected chi connectivity index (χ0v) is 18.1. The quantitative estimate of drug-likeness (QED) is 0.257. The lowest BCUT2D eigenvalue weighted by atomic mass is 10.0. The Morgan fingerprint density at radius 3 is 2.00 bits per heavy atom. The van der Waals surface area contributed by atoms with Gasteiger partial charge in [0.15, 0.2) is 23.3 Å². The fourth-order valence-corrected chi connectivity index (χ4v) is 2.76. The van der Waals surface area contributed by atoms with Crippen molar-refractivity contribution < 1.29 is 41.1 Å². The van der Waals surface area contributed by atoms with Crippen LogP contribution in [0.25, 0.3) is 0 Å². The van der Waals surface area contributed by atoms with E-state index in [1.165, 1.54) is 0 Å². The maximum atomic E-state index is 14.1. The SMILES string of the molecule is CC(C)(C)OC(=O)NC(CC(=O)NOCc1ccccc1)Cc1c(F)c(F)c(F)c(F)c1F. The first kappa shape index (κ1) is 26.0. The summed E-state index contributed by atoms with van der Waals surface area (Å²) in [6.07, 6.45) is -2.53. The van der Waals surface area contributed by atoms with Crippen molar-refractivity contribution in [1.82, 2.24) is 10.8 Å². The molecule has 0 heterocycles. The number of carbonyl (C=O) groups is 2. The largest absolute Gasteiger partial charge is 0.444 e. The van der Waals surface area contributed by atoms with Gasteiger partial charge in [-0.25, -0.2) is 32.2 Å². The second kappa shape index (κ2) is 11.1. The standard InChI is InChI=1S/C22H23F5N2O4/c1-22(2,3)33-21(31)28-13(9-14-16(23)18(25)20(27)19(26)17(14)24)10-15(30)29-32-11-12-7-5-4-6-8-12/h4-8,13H,9-11H2,1-3H3,(H,28,31)(H,29,30). The topological polar surface area (TPSA) is 76.7 Å². The summed E-state index contributed by atoms with van der Waals surface area (Å²) in [4.78, 5) is 29.4. The molecular weight excluding hydrogens is 451 g/mol. The van der Waals surface area contributed by atoms with E-state index in [0.717, 1.165) is 5.56 Å². The Morgan fingerprint density at radius 2 is 1.45 bits per heavy atom. The molecule has 2 amide bonds. The summed E-state index contributed by atoms with van der Waals surface area (Å²) in [6, 6.07) is 7.39. The van der Waals surface area contributed by atoms with Crippen molar-refractivity contribution in [3.05, 3.63) is 70.5 Å². The van der Waals surface area contributed by atoms with Gasteiger partial charge in [0, 0.05) is 18.0 Å². The van der Waals surface area contributed by atoms with Gasteiger partial charge < -0.3 is 10.1 Å². The molecule has 0 bridgehead atoms. The molecule has 2 N–H and O–H groups in total. The van der Waals surface area contributed by atoms with Gasteiger partial charge >= 0.3 is 6.09 Å². The lowest BCUT2D eigenvalue weighted by Crippen LogP contribution is -2.43. The summed E-state index contributed by atoms with van der Waals surface area (Å²) in [7, 11) is 0. The monoisotopic (exact) mass is 474 g/mol. The van der Waals surface area contributed by atoms with Crippen LogP contribution in [0.5, 0.6) is 0 Å². The molecule has 6 nitrogen and oxygen atoms in total. The van der Waals surface area contributed by atoms with Crippen LogP contribution in [0.2, 0.25) is 0 Å². The third-order valence-corrected chi connectivity index (χ3v) is 4.17. The van der Waals surface area contributed by atoms with Crippen LogP contribution < -0.4 is 10.8 Å². The highest BCUT2D eigenvalue weighted by Gasteiger charge is 2.29. The van der Waals surface area contributed by atoms with E-state index in [1.54, 1.807) is 51.1 Å². The highest BCUT2D eigenvalue weighted by atomic mass is 19.2. The van der Waals surface area contributed by atoms with E-state index >= 15 is 0 Å². The summed E-state index contributed by atoms with van der Waals surface area (Å²) >= 11 is 0. The van der Waals surface area contributed by atoms with Crippen LogP contribution in [0.4, 0.5) is 26.7 Å². The lowest BCUT2D eigenvalue weighted by Gasteiger charge is -2.24. The second-order valence-electron chi connectivity index (χ2n) is 8.10. The Kier molecular flexibility index (Phi) is 8.75. The number of hydroxylamine groups is 1. The van der Waals surface area contributed by atoms with Crippen molar-refractivity contribution in [1.29, 1.82) is 0 Å². The fourth-order valence-electron chi connectivity index (χ4n) is 2.76. The van der Waals surface area contributed by atoms with E-state index in [0.29, 0.717) is 0 Å². The van der Waals surface area contributed by atoms with Crippen LogP contribution in [-0.4, -0.2) is 23.6 Å². The van der Waals surface area contributed by atoms with Gasteiger partial charge in [0.1, 0.15) is 5.60 Å². The molecule has 2 aromatic rings. The first-order valence-corrected chi connectivity index (χ1v) is 9.83. The summed E-state index contributed by atoms with van der Waals surface area (Å²) in [5, 5.41) is 2.22. The Hall–Kier alpha value is -3.21. The zero-order chi connectivity index (χ0) is 24.8. The van der Waals surface area contributed by atoms with Crippen molar-refractivity contribution in [3.8, 4) is 0 Å². The number of rotatable bonds is 8. The van der Waals surface area contributed by atoms with Crippen LogP contribution in [0.3, 0.4) is 0 Å². The van der Waals surface area contributed by atoms with Gasteiger partial charge in [0.05, 0.1) is 6.61 Å². The molecule has 1 atom stereocenters. The third-order valence-electron chi connectivity index (χ3n) is 4.17. The predicted molar refractivity (Wildman–Crippen MR) is 107 cm³/mol. The molecule has 0 spiro atoms. The summed E-state index contributed by atoms with van der Waals surface area (Å²) in [5.74, 6) is -11.5. The van der Waals surface area contributed by atoms with E-state index in [1.807, 2.05) is 0 Å². The molecule has 0 aromatic heterocycles. The fraction of sp³-hybridized carbons (Fsp3) is 0.364. The van der Waals surface area contributed by atoms with Gasteiger partial charge in [0.25, 0.3) is 0 Å². The van der Waals surface area contributed by atoms with Crippen molar-refractivity contribution in [2.24, 2.45) is 0 Å². The molecule has 0 saturated carbocycles. The molecule has 0 saturated heterocycles. The average molecular weight is 474 g/mol. The van der Waals surface area contributed by atoms with Crippen molar-refractivity contribution in [2.75, 3.05) is 0 Å². The van der Waals surface area contributed by atoms with Gasteiger partial charge in [-0.05, 0) is 32.8 Å². The maximum absolute atomic E-state index is 14.1. The molecule has 11 heteroatoms. The number of hydrogen-bond acceptors (Lipinski definition) is 4. The van der Waals surface area contributed by atoms with E-state index in [-0.39, 0.29) is 6.61 Å². The van der Waals surface area contributed by atoms with Gasteiger partial charge in [-0.15, -0.1) is 0 Å². The van der Waals surface area contributed by atoms with Gasteiger partial charge in [-0.2, -0.15) is 0 Å². The van der Waals surface area contributed by atoms with Crippen molar-refractivity contribution >= 4 is 12.0 Å². The number of benzene rings is 2. The van der Waals surface area contributed by atoms with Crippen LogP contribution in [0, 0.1) is 29.1 Å². The Balaban J connectivity index is 2.15. The minimum atomic E-state index is -2.31. The molecule has 0 radical (unpaired) electrons. The maximum Gasteiger partial charge on any atom is 0.407 e. The number of hydrogen-bond donors (Lipinski definition) is 2. The van der Waals surface area contributed by atoms with Gasteiger partial charge in [-0.1, -0.05) is 30.3 Å². The number of amides is 2. The van der Waals surface area contributed by atoms with E-state index < -0.39 is 71.1 Å². The van der Waals surface area contributed by atoms with Gasteiger partial charge in [0.2, 0.25) is 11.7 Å². The second-order valence-corrected chi connectivity index (χ2v) is 8.10. The predicted octanol–water partition coefficient (Wildman–Crippen LogP) is 4.46. The van der Waals surface area contributed by atoms with Gasteiger partial charge in [-0.3, -0.25) is 9.63 Å². The van der Waals surface area contributed by atoms with Crippen molar-refractivity contribution in [3.63, 3.8) is 0 Å². The Bertz CT molecular complexity index is 968. The molecule has 180 valence electrons. The summed E-state index contributed by atoms with van der Waals surface area (Å²) in [5.41, 5.74) is 0.722. The smallest absolute Gasteiger partial charge is 0.407 e. The Labute approximate surface area is 187 Å². The first-order valence-electron chi connectivity index (χ1n) is 9.83. The molecule has 0 aliphatic rings. The lowest BCUT2D eigenvalue weighted by molar-refractivity contribution is -0.135. The van der Waals surface area contributed by atoms with Crippen molar-refractivity contribution in [2.45, 2.75) is 51.9 Å². The molecular formula is C22H23F5N2O4. The zero-order valence-electron chi connectivity index (χ0n) is 18.1. The van der Waals surface area contributed by atoms with E-state index in [4.69, 9.17) is 9.57 Å². The molecule has 0 aliphatic carbocycles. The number of carbonyl (C=O) groups excluding carboxylic acids is 2. The summed E-state index contributed by atoms with van der Waals surface area (Å²) < 4.78 is 73.7. The molecule has 2 rings (SSSR count). The normalized spacial score (nSPS) is 12.2. The number of alkyl carbamates (subject to hydrolysis) is 1. The molecule has 0 aliphatic heterocycles. The van der Waals surface area contributed by atoms with E-state index in [9.17, 15) is 31.5 Å². The number of nitrogens with one attached hydrogen (secondary N) is 2. The van der Waals surface area contributed by atoms with Crippen LogP contribution in [-0.2, 0) is 27.4 Å². The highest BCUT2D eigenvalue weighted by Crippen LogP contribution is 2.24. The minimum absolute atomic E-state index is 0.00832. The minimum Gasteiger partial charge on any atom is -0.444 e. The van der Waals surface area contributed by atoms with Crippen LogP contribution >= 0.6 is 0 Å². The Morgan fingerprint density at radius 1 is 0.909 bits per heavy atom. The molecule has 0 fully saturated rings. The number of ether oxygens (including phenoxy) is 1. The molecule has 1 unspecified atom stereocenters. The first-order chi connectivity index (χ1) is 15.4. The molecule has 2 aromatic carbocycles. The van der Waals surface area contributed by atoms with Crippen LogP contribution in [0.15, 0.2) is 30.3 Å². The average Bonchev–Trinajstić information content (AvgIpc) is 2.73. The van der Waals surface area contributed by atoms with E-state index in [2.05, 4.69) is 10.8 Å². The summed E-state index contributed by atoms with van der Waals surface area (Å²) in [6.45, 7) is 4.66. The number of halogens is 5. The third kappa shape index (κ3) is 7.70.